The Morgan fingerprint density at radius 1 is 1.10 bits per heavy atom. The Kier molecular flexibility index (Phi) is 8.40. The smallest absolute Gasteiger partial charge is 0.317 e. The monoisotopic (exact) mass is 433 g/mol. The molecule has 0 saturated carbocycles. The van der Waals surface area contributed by atoms with Gasteiger partial charge in [0.05, 0.1) is 19.8 Å². The molecule has 1 N–H and O–H groups in total. The first kappa shape index (κ1) is 23.2. The Bertz CT molecular complexity index is 743. The van der Waals surface area contributed by atoms with E-state index in [1.165, 1.54) is 0 Å². The highest BCUT2D eigenvalue weighted by atomic mass is 16.5. The maximum Gasteiger partial charge on any atom is 0.317 e. The van der Waals surface area contributed by atoms with Crippen molar-refractivity contribution in [1.82, 2.24) is 15.1 Å². The molecule has 0 aromatic heterocycles. The van der Waals surface area contributed by atoms with Crippen LogP contribution in [0.15, 0.2) is 18.2 Å². The Morgan fingerprint density at radius 2 is 1.77 bits per heavy atom. The van der Waals surface area contributed by atoms with Crippen LogP contribution in [0, 0.1) is 0 Å². The highest BCUT2D eigenvalue weighted by Gasteiger charge is 2.35. The molecule has 8 heteroatoms. The number of ether oxygens (including phenoxy) is 3. The van der Waals surface area contributed by atoms with Gasteiger partial charge in [-0.3, -0.25) is 4.79 Å². The second kappa shape index (κ2) is 11.2. The lowest BCUT2D eigenvalue weighted by Crippen LogP contribution is -2.56. The molecule has 31 heavy (non-hydrogen) atoms. The standard InChI is InChI=1S/C23H35N3O5/c1-4-11-24-23(28)26(18-9-14-31-15-10-18)17-7-12-25(13-8-17)22(27)20-6-5-19(29-2)16-21(20)30-3/h5-6,16-18H,4,7-15H2,1-3H3,(H,24,28). The average Bonchev–Trinajstić information content (AvgIpc) is 2.83. The number of hydrogen-bond acceptors (Lipinski definition) is 5. The molecule has 0 radical (unpaired) electrons. The van der Waals surface area contributed by atoms with E-state index in [4.69, 9.17) is 14.2 Å². The summed E-state index contributed by atoms with van der Waals surface area (Å²) in [6.45, 7) is 5.33. The molecular weight excluding hydrogens is 398 g/mol. The number of benzene rings is 1. The number of urea groups is 1. The van der Waals surface area contributed by atoms with E-state index in [1.54, 1.807) is 32.4 Å². The zero-order chi connectivity index (χ0) is 22.2. The normalized spacial score (nSPS) is 17.8. The number of nitrogens with zero attached hydrogens (tertiary/aromatic N) is 2. The zero-order valence-electron chi connectivity index (χ0n) is 18.9. The number of methoxy groups -OCH3 is 2. The van der Waals surface area contributed by atoms with Gasteiger partial charge in [0.15, 0.2) is 0 Å². The fourth-order valence-corrected chi connectivity index (χ4v) is 4.41. The van der Waals surface area contributed by atoms with E-state index in [1.807, 2.05) is 9.80 Å². The number of carbonyl (C=O) groups excluding carboxylic acids is 2. The largest absolute Gasteiger partial charge is 0.497 e. The average molecular weight is 434 g/mol. The summed E-state index contributed by atoms with van der Waals surface area (Å²) in [5.74, 6) is 1.11. The van der Waals surface area contributed by atoms with Crippen LogP contribution in [0.4, 0.5) is 4.79 Å². The van der Waals surface area contributed by atoms with Crippen LogP contribution in [0.1, 0.15) is 49.4 Å². The number of piperidine rings is 1. The van der Waals surface area contributed by atoms with E-state index in [-0.39, 0.29) is 24.0 Å². The van der Waals surface area contributed by atoms with Gasteiger partial charge < -0.3 is 29.3 Å². The fourth-order valence-electron chi connectivity index (χ4n) is 4.41. The third-order valence-electron chi connectivity index (χ3n) is 6.13. The summed E-state index contributed by atoms with van der Waals surface area (Å²) in [6.07, 6.45) is 4.16. The molecule has 0 bridgehead atoms. The summed E-state index contributed by atoms with van der Waals surface area (Å²) < 4.78 is 16.1. The highest BCUT2D eigenvalue weighted by Crippen LogP contribution is 2.28. The molecule has 2 aliphatic rings. The van der Waals surface area contributed by atoms with E-state index in [2.05, 4.69) is 12.2 Å². The lowest BCUT2D eigenvalue weighted by Gasteiger charge is -2.43. The third-order valence-corrected chi connectivity index (χ3v) is 6.13. The van der Waals surface area contributed by atoms with Gasteiger partial charge in [0, 0.05) is 51.0 Å². The number of rotatable bonds is 7. The minimum atomic E-state index is -0.0500. The quantitative estimate of drug-likeness (QED) is 0.715. The predicted molar refractivity (Wildman–Crippen MR) is 118 cm³/mol. The summed E-state index contributed by atoms with van der Waals surface area (Å²) in [5.41, 5.74) is 0.531. The summed E-state index contributed by atoms with van der Waals surface area (Å²) in [5, 5.41) is 3.05. The summed E-state index contributed by atoms with van der Waals surface area (Å²) in [6, 6.07) is 5.58. The molecule has 1 aromatic carbocycles. The number of likely N-dealkylation sites (tertiary alicyclic amines) is 1. The first-order chi connectivity index (χ1) is 15.1. The van der Waals surface area contributed by atoms with Crippen molar-refractivity contribution in [2.45, 2.75) is 51.1 Å². The molecule has 2 aliphatic heterocycles. The zero-order valence-corrected chi connectivity index (χ0v) is 18.9. The van der Waals surface area contributed by atoms with Crippen LogP contribution < -0.4 is 14.8 Å². The molecule has 0 unspecified atom stereocenters. The van der Waals surface area contributed by atoms with Crippen molar-refractivity contribution in [3.05, 3.63) is 23.8 Å². The lowest BCUT2D eigenvalue weighted by molar-refractivity contribution is 0.0209. The van der Waals surface area contributed by atoms with Crippen LogP contribution in [0.25, 0.3) is 0 Å². The van der Waals surface area contributed by atoms with Crippen LogP contribution >= 0.6 is 0 Å². The summed E-state index contributed by atoms with van der Waals surface area (Å²) in [7, 11) is 3.14. The van der Waals surface area contributed by atoms with E-state index in [0.717, 1.165) is 32.1 Å². The van der Waals surface area contributed by atoms with E-state index >= 15 is 0 Å². The SMILES string of the molecule is CCCNC(=O)N(C1CCOCC1)C1CCN(C(=O)c2ccc(OC)cc2OC)CC1. The van der Waals surface area contributed by atoms with Crippen LogP contribution in [-0.2, 0) is 4.74 Å². The third kappa shape index (κ3) is 5.61. The minimum Gasteiger partial charge on any atom is -0.497 e. The molecule has 0 spiro atoms. The molecule has 2 fully saturated rings. The molecule has 0 aliphatic carbocycles. The van der Waals surface area contributed by atoms with Crippen molar-refractivity contribution in [1.29, 1.82) is 0 Å². The van der Waals surface area contributed by atoms with Gasteiger partial charge in [0.2, 0.25) is 0 Å². The van der Waals surface area contributed by atoms with Gasteiger partial charge in [-0.25, -0.2) is 4.79 Å². The minimum absolute atomic E-state index is 0.00958. The van der Waals surface area contributed by atoms with Crippen molar-refractivity contribution in [2.75, 3.05) is 47.1 Å². The van der Waals surface area contributed by atoms with Gasteiger partial charge in [-0.05, 0) is 44.2 Å². The Hall–Kier alpha value is -2.48. The van der Waals surface area contributed by atoms with Crippen LogP contribution in [0.2, 0.25) is 0 Å². The number of nitrogens with one attached hydrogen (secondary N) is 1. The van der Waals surface area contributed by atoms with Gasteiger partial charge in [0.25, 0.3) is 5.91 Å². The molecule has 1 aromatic rings. The summed E-state index contributed by atoms with van der Waals surface area (Å²) >= 11 is 0. The van der Waals surface area contributed by atoms with Crippen molar-refractivity contribution in [3.63, 3.8) is 0 Å². The lowest BCUT2D eigenvalue weighted by atomic mass is 9.97. The van der Waals surface area contributed by atoms with Crippen molar-refractivity contribution >= 4 is 11.9 Å². The van der Waals surface area contributed by atoms with Crippen molar-refractivity contribution in [2.24, 2.45) is 0 Å². The number of amides is 3. The maximum absolute atomic E-state index is 13.1. The highest BCUT2D eigenvalue weighted by molar-refractivity contribution is 5.97. The summed E-state index contributed by atoms with van der Waals surface area (Å²) in [4.78, 5) is 30.0. The topological polar surface area (TPSA) is 80.3 Å². The van der Waals surface area contributed by atoms with Crippen LogP contribution in [-0.4, -0.2) is 80.9 Å². The predicted octanol–water partition coefficient (Wildman–Crippen LogP) is 2.91. The second-order valence-corrected chi connectivity index (χ2v) is 8.07. The molecule has 0 atom stereocenters. The van der Waals surface area contributed by atoms with Gasteiger partial charge in [-0.1, -0.05) is 6.92 Å². The van der Waals surface area contributed by atoms with Crippen LogP contribution in [0.5, 0.6) is 11.5 Å². The van der Waals surface area contributed by atoms with Crippen molar-refractivity contribution in [3.8, 4) is 11.5 Å². The molecule has 172 valence electrons. The Labute approximate surface area is 184 Å². The Morgan fingerprint density at radius 3 is 2.39 bits per heavy atom. The molecule has 8 nitrogen and oxygen atoms in total. The first-order valence-electron chi connectivity index (χ1n) is 11.2. The van der Waals surface area contributed by atoms with E-state index < -0.39 is 0 Å². The van der Waals surface area contributed by atoms with Gasteiger partial charge >= 0.3 is 6.03 Å². The maximum atomic E-state index is 13.1. The molecule has 2 heterocycles. The molecule has 3 rings (SSSR count). The number of carbonyl (C=O) groups is 2. The fraction of sp³-hybridized carbons (Fsp3) is 0.652. The van der Waals surface area contributed by atoms with E-state index in [9.17, 15) is 9.59 Å². The van der Waals surface area contributed by atoms with Gasteiger partial charge in [-0.15, -0.1) is 0 Å². The molecule has 2 saturated heterocycles. The molecule has 3 amide bonds. The van der Waals surface area contributed by atoms with Crippen molar-refractivity contribution < 1.29 is 23.8 Å². The van der Waals surface area contributed by atoms with Gasteiger partial charge in [0.1, 0.15) is 11.5 Å². The number of hydrogen-bond donors (Lipinski definition) is 1. The second-order valence-electron chi connectivity index (χ2n) is 8.07. The Balaban J connectivity index is 1.67. The van der Waals surface area contributed by atoms with Crippen LogP contribution in [0.3, 0.4) is 0 Å². The van der Waals surface area contributed by atoms with E-state index in [0.29, 0.717) is 49.9 Å². The van der Waals surface area contributed by atoms with Gasteiger partial charge in [-0.2, -0.15) is 0 Å². The first-order valence-corrected chi connectivity index (χ1v) is 11.2. The molecular formula is C23H35N3O5.